The smallest absolute Gasteiger partial charge is 0.262 e. The van der Waals surface area contributed by atoms with Gasteiger partial charge in [-0.2, -0.15) is 0 Å². The molecule has 0 aliphatic heterocycles. The molecule has 1 aliphatic rings. The van der Waals surface area contributed by atoms with E-state index in [2.05, 4.69) is 21.2 Å². The molecule has 0 saturated carbocycles. The first-order valence-electron chi connectivity index (χ1n) is 10.6. The zero-order valence-electron chi connectivity index (χ0n) is 18.9. The molecule has 172 valence electrons. The van der Waals surface area contributed by atoms with Crippen molar-refractivity contribution < 1.29 is 23.9 Å². The Morgan fingerprint density at radius 3 is 2.15 bits per heavy atom. The second-order valence-corrected chi connectivity index (χ2v) is 8.84. The Hall–Kier alpha value is -3.71. The number of nitrogens with one attached hydrogen (secondary N) is 1. The van der Waals surface area contributed by atoms with Crippen molar-refractivity contribution in [1.29, 1.82) is 0 Å². The van der Waals surface area contributed by atoms with Gasteiger partial charge >= 0.3 is 0 Å². The SMILES string of the molecule is COc1cc(C=C2C(=O)c3ccccc3C2=O)ccc1OCC(=O)Nc1c(C)cc(Br)cc1C. The van der Waals surface area contributed by atoms with Crippen molar-refractivity contribution in [2.45, 2.75) is 13.8 Å². The third-order valence-corrected chi connectivity index (χ3v) is 5.98. The topological polar surface area (TPSA) is 81.7 Å². The van der Waals surface area contributed by atoms with E-state index in [1.54, 1.807) is 48.5 Å². The summed E-state index contributed by atoms with van der Waals surface area (Å²) in [6.45, 7) is 3.63. The average molecular weight is 520 g/mol. The summed E-state index contributed by atoms with van der Waals surface area (Å²) in [6.07, 6.45) is 1.54. The lowest BCUT2D eigenvalue weighted by Crippen LogP contribution is -2.21. The zero-order valence-corrected chi connectivity index (χ0v) is 20.5. The van der Waals surface area contributed by atoms with Crippen molar-refractivity contribution in [3.05, 3.63) is 92.5 Å². The Morgan fingerprint density at radius 2 is 1.56 bits per heavy atom. The summed E-state index contributed by atoms with van der Waals surface area (Å²) in [6, 6.07) is 15.6. The van der Waals surface area contributed by atoms with Crippen LogP contribution in [0.15, 0.2) is 64.6 Å². The average Bonchev–Trinajstić information content (AvgIpc) is 3.05. The number of benzene rings is 3. The van der Waals surface area contributed by atoms with Crippen LogP contribution >= 0.6 is 15.9 Å². The Kier molecular flexibility index (Phi) is 6.65. The first-order chi connectivity index (χ1) is 16.3. The summed E-state index contributed by atoms with van der Waals surface area (Å²) >= 11 is 3.45. The number of aryl methyl sites for hydroxylation is 2. The second-order valence-electron chi connectivity index (χ2n) is 7.92. The largest absolute Gasteiger partial charge is 0.493 e. The van der Waals surface area contributed by atoms with E-state index in [4.69, 9.17) is 9.47 Å². The van der Waals surface area contributed by atoms with E-state index in [0.29, 0.717) is 28.2 Å². The van der Waals surface area contributed by atoms with E-state index in [1.165, 1.54) is 7.11 Å². The van der Waals surface area contributed by atoms with Gasteiger partial charge in [0.2, 0.25) is 0 Å². The molecule has 0 bridgehead atoms. The number of anilines is 1. The highest BCUT2D eigenvalue weighted by Crippen LogP contribution is 2.32. The van der Waals surface area contributed by atoms with Crippen LogP contribution in [-0.2, 0) is 4.79 Å². The number of hydrogen-bond donors (Lipinski definition) is 1. The van der Waals surface area contributed by atoms with Gasteiger partial charge in [0.25, 0.3) is 5.91 Å². The number of allylic oxidation sites excluding steroid dienone is 1. The van der Waals surface area contributed by atoms with Crippen LogP contribution in [0.25, 0.3) is 6.08 Å². The van der Waals surface area contributed by atoms with Crippen LogP contribution in [-0.4, -0.2) is 31.2 Å². The Bertz CT molecular complexity index is 1300. The van der Waals surface area contributed by atoms with E-state index in [1.807, 2.05) is 26.0 Å². The quantitative estimate of drug-likeness (QED) is 0.340. The van der Waals surface area contributed by atoms with Crippen molar-refractivity contribution in [2.24, 2.45) is 0 Å². The van der Waals surface area contributed by atoms with Gasteiger partial charge in [-0.05, 0) is 60.9 Å². The Labute approximate surface area is 205 Å². The molecule has 1 aliphatic carbocycles. The highest BCUT2D eigenvalue weighted by Gasteiger charge is 2.32. The van der Waals surface area contributed by atoms with Gasteiger partial charge in [0.15, 0.2) is 29.7 Å². The molecule has 1 amide bonds. The summed E-state index contributed by atoms with van der Waals surface area (Å²) in [7, 11) is 1.48. The summed E-state index contributed by atoms with van der Waals surface area (Å²) in [5, 5.41) is 2.88. The molecule has 0 atom stereocenters. The van der Waals surface area contributed by atoms with Gasteiger partial charge in [0, 0.05) is 21.3 Å². The van der Waals surface area contributed by atoms with Gasteiger partial charge in [-0.3, -0.25) is 14.4 Å². The molecule has 0 heterocycles. The highest BCUT2D eigenvalue weighted by atomic mass is 79.9. The summed E-state index contributed by atoms with van der Waals surface area (Å²) < 4.78 is 12.0. The Morgan fingerprint density at radius 1 is 0.941 bits per heavy atom. The number of carbonyl (C=O) groups is 3. The number of ether oxygens (including phenoxy) is 2. The molecule has 0 unspecified atom stereocenters. The first kappa shape index (κ1) is 23.4. The van der Waals surface area contributed by atoms with Gasteiger partial charge in [-0.15, -0.1) is 0 Å². The fourth-order valence-corrected chi connectivity index (χ4v) is 4.58. The predicted octanol–water partition coefficient (Wildman–Crippen LogP) is 5.55. The van der Waals surface area contributed by atoms with Gasteiger partial charge in [-0.25, -0.2) is 0 Å². The second kappa shape index (κ2) is 9.65. The minimum absolute atomic E-state index is 0.108. The van der Waals surface area contributed by atoms with E-state index in [9.17, 15) is 14.4 Å². The minimum Gasteiger partial charge on any atom is -0.493 e. The maximum Gasteiger partial charge on any atom is 0.262 e. The maximum absolute atomic E-state index is 12.6. The van der Waals surface area contributed by atoms with E-state index < -0.39 is 0 Å². The van der Waals surface area contributed by atoms with Gasteiger partial charge in [0.1, 0.15) is 0 Å². The molecule has 3 aromatic carbocycles. The fourth-order valence-electron chi connectivity index (χ4n) is 3.89. The third kappa shape index (κ3) is 4.65. The number of halogens is 1. The van der Waals surface area contributed by atoms with Crippen LogP contribution in [0.3, 0.4) is 0 Å². The van der Waals surface area contributed by atoms with Crippen LogP contribution in [0.4, 0.5) is 5.69 Å². The lowest BCUT2D eigenvalue weighted by Gasteiger charge is -2.14. The van der Waals surface area contributed by atoms with Crippen molar-refractivity contribution >= 4 is 45.2 Å². The van der Waals surface area contributed by atoms with E-state index in [-0.39, 0.29) is 29.7 Å². The van der Waals surface area contributed by atoms with Crippen LogP contribution in [0.2, 0.25) is 0 Å². The van der Waals surface area contributed by atoms with Crippen molar-refractivity contribution in [1.82, 2.24) is 0 Å². The number of methoxy groups -OCH3 is 1. The first-order valence-corrected chi connectivity index (χ1v) is 11.4. The normalized spacial score (nSPS) is 12.4. The highest BCUT2D eigenvalue weighted by molar-refractivity contribution is 9.10. The van der Waals surface area contributed by atoms with Gasteiger partial charge in [0.05, 0.1) is 12.7 Å². The molecule has 0 radical (unpaired) electrons. The van der Waals surface area contributed by atoms with Gasteiger partial charge in [-0.1, -0.05) is 46.3 Å². The van der Waals surface area contributed by atoms with E-state index >= 15 is 0 Å². The van der Waals surface area contributed by atoms with E-state index in [0.717, 1.165) is 21.3 Å². The summed E-state index contributed by atoms with van der Waals surface area (Å²) in [4.78, 5) is 37.7. The monoisotopic (exact) mass is 519 g/mol. The molecular formula is C27H22BrNO5. The minimum atomic E-state index is -0.304. The number of ketones is 2. The third-order valence-electron chi connectivity index (χ3n) is 5.52. The molecule has 7 heteroatoms. The number of hydrogen-bond acceptors (Lipinski definition) is 5. The molecular weight excluding hydrogens is 498 g/mol. The lowest BCUT2D eigenvalue weighted by molar-refractivity contribution is -0.118. The van der Waals surface area contributed by atoms with Crippen LogP contribution in [0, 0.1) is 13.8 Å². The number of fused-ring (bicyclic) bond motifs is 1. The summed E-state index contributed by atoms with van der Waals surface area (Å²) in [5.74, 6) is -0.142. The van der Waals surface area contributed by atoms with Crippen LogP contribution in [0.1, 0.15) is 37.4 Å². The molecule has 0 spiro atoms. The number of Topliss-reactive ketones (excluding diaryl/α,β-unsaturated/α-hetero) is 2. The molecule has 4 rings (SSSR count). The lowest BCUT2D eigenvalue weighted by atomic mass is 10.1. The summed E-state index contributed by atoms with van der Waals surface area (Å²) in [5.41, 5.74) is 4.16. The van der Waals surface area contributed by atoms with Crippen LogP contribution < -0.4 is 14.8 Å². The number of amides is 1. The molecule has 0 aromatic heterocycles. The van der Waals surface area contributed by atoms with Crippen molar-refractivity contribution in [3.8, 4) is 11.5 Å². The molecule has 3 aromatic rings. The maximum atomic E-state index is 12.6. The molecule has 0 fully saturated rings. The predicted molar refractivity (Wildman–Crippen MR) is 134 cm³/mol. The molecule has 34 heavy (non-hydrogen) atoms. The van der Waals surface area contributed by atoms with Gasteiger partial charge < -0.3 is 14.8 Å². The molecule has 6 nitrogen and oxygen atoms in total. The standard InChI is InChI=1S/C27H22BrNO5/c1-15-10-18(28)11-16(2)25(15)29-24(30)14-34-22-9-8-17(13-23(22)33-3)12-21-26(31)19-6-4-5-7-20(19)27(21)32/h4-13H,14H2,1-3H3,(H,29,30). The number of carbonyl (C=O) groups excluding carboxylic acids is 3. The van der Waals surface area contributed by atoms with Crippen molar-refractivity contribution in [2.75, 3.05) is 19.0 Å². The van der Waals surface area contributed by atoms with Crippen LogP contribution in [0.5, 0.6) is 11.5 Å². The number of rotatable bonds is 6. The zero-order chi connectivity index (χ0) is 24.4. The van der Waals surface area contributed by atoms with Crippen molar-refractivity contribution in [3.63, 3.8) is 0 Å². The Balaban J connectivity index is 1.48. The molecule has 1 N–H and O–H groups in total. The fraction of sp³-hybridized carbons (Fsp3) is 0.148. The molecule has 0 saturated heterocycles.